The number of thiazole rings is 1. The molecular formula is C15H13BrN2S. The van der Waals surface area contributed by atoms with Gasteiger partial charge in [0.1, 0.15) is 0 Å². The van der Waals surface area contributed by atoms with E-state index >= 15 is 0 Å². The Morgan fingerprint density at radius 1 is 1.21 bits per heavy atom. The van der Waals surface area contributed by atoms with Gasteiger partial charge in [-0.15, -0.1) is 0 Å². The molecule has 0 saturated heterocycles. The van der Waals surface area contributed by atoms with Gasteiger partial charge in [-0.05, 0) is 36.2 Å². The Morgan fingerprint density at radius 2 is 2.05 bits per heavy atom. The molecule has 2 aromatic carbocycles. The van der Waals surface area contributed by atoms with Crippen LogP contribution in [0.5, 0.6) is 0 Å². The van der Waals surface area contributed by atoms with Crippen molar-refractivity contribution in [1.29, 1.82) is 0 Å². The fourth-order valence-corrected chi connectivity index (χ4v) is 3.37. The molecule has 0 aliphatic carbocycles. The van der Waals surface area contributed by atoms with Gasteiger partial charge >= 0.3 is 0 Å². The van der Waals surface area contributed by atoms with Gasteiger partial charge in [0.25, 0.3) is 0 Å². The summed E-state index contributed by atoms with van der Waals surface area (Å²) in [6.45, 7) is 2.89. The lowest BCUT2D eigenvalue weighted by atomic mass is 10.2. The largest absolute Gasteiger partial charge is 0.357 e. The van der Waals surface area contributed by atoms with E-state index in [1.807, 2.05) is 12.1 Å². The molecule has 0 saturated carbocycles. The van der Waals surface area contributed by atoms with Crippen molar-refractivity contribution in [3.05, 3.63) is 58.1 Å². The molecule has 0 atom stereocenters. The van der Waals surface area contributed by atoms with Crippen molar-refractivity contribution in [3.63, 3.8) is 0 Å². The van der Waals surface area contributed by atoms with Crippen LogP contribution >= 0.6 is 27.3 Å². The predicted octanol–water partition coefficient (Wildman–Crippen LogP) is 4.98. The van der Waals surface area contributed by atoms with Crippen molar-refractivity contribution in [2.75, 3.05) is 5.32 Å². The molecule has 0 radical (unpaired) electrons. The average Bonchev–Trinajstić information content (AvgIpc) is 2.81. The molecule has 19 heavy (non-hydrogen) atoms. The molecule has 1 N–H and O–H groups in total. The van der Waals surface area contributed by atoms with Crippen LogP contribution in [0.25, 0.3) is 10.2 Å². The van der Waals surface area contributed by atoms with E-state index in [2.05, 4.69) is 63.5 Å². The second kappa shape index (κ2) is 5.31. The monoisotopic (exact) mass is 332 g/mol. The van der Waals surface area contributed by atoms with Gasteiger partial charge in [-0.2, -0.15) is 0 Å². The highest BCUT2D eigenvalue weighted by Crippen LogP contribution is 2.28. The summed E-state index contributed by atoms with van der Waals surface area (Å²) in [5, 5.41) is 4.37. The molecule has 0 bridgehead atoms. The summed E-state index contributed by atoms with van der Waals surface area (Å²) >= 11 is 5.19. The topological polar surface area (TPSA) is 24.9 Å². The van der Waals surface area contributed by atoms with Gasteiger partial charge in [-0.25, -0.2) is 4.98 Å². The smallest absolute Gasteiger partial charge is 0.184 e. The summed E-state index contributed by atoms with van der Waals surface area (Å²) in [7, 11) is 0. The Balaban J connectivity index is 1.80. The van der Waals surface area contributed by atoms with Crippen LogP contribution in [0, 0.1) is 6.92 Å². The quantitative estimate of drug-likeness (QED) is 0.731. The number of fused-ring (bicyclic) bond motifs is 1. The van der Waals surface area contributed by atoms with Gasteiger partial charge in [-0.1, -0.05) is 51.5 Å². The number of anilines is 1. The number of rotatable bonds is 3. The van der Waals surface area contributed by atoms with Crippen molar-refractivity contribution in [2.24, 2.45) is 0 Å². The minimum absolute atomic E-state index is 0.790. The molecule has 4 heteroatoms. The van der Waals surface area contributed by atoms with Gasteiger partial charge in [0.2, 0.25) is 0 Å². The van der Waals surface area contributed by atoms with Crippen LogP contribution in [0.2, 0.25) is 0 Å². The maximum Gasteiger partial charge on any atom is 0.184 e. The van der Waals surface area contributed by atoms with Crippen LogP contribution in [0.4, 0.5) is 5.13 Å². The first-order chi connectivity index (χ1) is 9.22. The Kier molecular flexibility index (Phi) is 3.53. The van der Waals surface area contributed by atoms with E-state index in [1.54, 1.807) is 11.3 Å². The highest BCUT2D eigenvalue weighted by molar-refractivity contribution is 9.10. The van der Waals surface area contributed by atoms with E-state index in [0.29, 0.717) is 0 Å². The third-order valence-corrected chi connectivity index (χ3v) is 4.43. The Hall–Kier alpha value is -1.39. The highest BCUT2D eigenvalue weighted by Gasteiger charge is 2.05. The van der Waals surface area contributed by atoms with Crippen molar-refractivity contribution in [3.8, 4) is 0 Å². The maximum atomic E-state index is 4.65. The molecular weight excluding hydrogens is 320 g/mol. The van der Waals surface area contributed by atoms with Gasteiger partial charge in [-0.3, -0.25) is 0 Å². The fourth-order valence-electron chi connectivity index (χ4n) is 1.99. The summed E-state index contributed by atoms with van der Waals surface area (Å²) in [6, 6.07) is 14.6. The molecule has 96 valence electrons. The predicted molar refractivity (Wildman–Crippen MR) is 85.8 cm³/mol. The Labute approximate surface area is 124 Å². The fraction of sp³-hybridized carbons (Fsp3) is 0.133. The molecule has 3 rings (SSSR count). The lowest BCUT2D eigenvalue weighted by Crippen LogP contribution is -1.98. The van der Waals surface area contributed by atoms with Gasteiger partial charge in [0.15, 0.2) is 5.13 Å². The van der Waals surface area contributed by atoms with E-state index in [-0.39, 0.29) is 0 Å². The van der Waals surface area contributed by atoms with Crippen molar-refractivity contribution in [1.82, 2.24) is 4.98 Å². The number of nitrogens with zero attached hydrogens (tertiary/aromatic N) is 1. The molecule has 0 unspecified atom stereocenters. The van der Waals surface area contributed by atoms with Crippen molar-refractivity contribution in [2.45, 2.75) is 13.5 Å². The molecule has 0 aliphatic rings. The SMILES string of the molecule is Cc1cccc2sc(NCc3cccc(Br)c3)nc12. The number of para-hydroxylation sites is 1. The van der Waals surface area contributed by atoms with E-state index in [1.165, 1.54) is 15.8 Å². The lowest BCUT2D eigenvalue weighted by Gasteiger charge is -2.02. The number of hydrogen-bond acceptors (Lipinski definition) is 3. The number of halogens is 1. The second-order valence-electron chi connectivity index (χ2n) is 4.42. The van der Waals surface area contributed by atoms with E-state index < -0.39 is 0 Å². The van der Waals surface area contributed by atoms with Crippen LogP contribution in [-0.4, -0.2) is 4.98 Å². The van der Waals surface area contributed by atoms with Crippen LogP contribution in [0.15, 0.2) is 46.9 Å². The zero-order chi connectivity index (χ0) is 13.2. The second-order valence-corrected chi connectivity index (χ2v) is 6.37. The third kappa shape index (κ3) is 2.80. The molecule has 2 nitrogen and oxygen atoms in total. The van der Waals surface area contributed by atoms with Gasteiger partial charge in [0.05, 0.1) is 10.2 Å². The normalized spacial score (nSPS) is 10.8. The number of benzene rings is 2. The summed E-state index contributed by atoms with van der Waals surface area (Å²) in [5.41, 5.74) is 3.57. The third-order valence-electron chi connectivity index (χ3n) is 2.95. The van der Waals surface area contributed by atoms with Crippen LogP contribution in [0.3, 0.4) is 0 Å². The summed E-state index contributed by atoms with van der Waals surface area (Å²) in [4.78, 5) is 4.65. The Bertz CT molecular complexity index is 721. The number of aromatic nitrogens is 1. The lowest BCUT2D eigenvalue weighted by molar-refractivity contribution is 1.14. The molecule has 0 aliphatic heterocycles. The van der Waals surface area contributed by atoms with Crippen LogP contribution in [0.1, 0.15) is 11.1 Å². The first-order valence-corrected chi connectivity index (χ1v) is 7.68. The van der Waals surface area contributed by atoms with E-state index in [9.17, 15) is 0 Å². The Morgan fingerprint density at radius 3 is 2.84 bits per heavy atom. The van der Waals surface area contributed by atoms with E-state index in [4.69, 9.17) is 0 Å². The minimum Gasteiger partial charge on any atom is -0.357 e. The number of hydrogen-bond donors (Lipinski definition) is 1. The average molecular weight is 333 g/mol. The van der Waals surface area contributed by atoms with Gasteiger partial charge < -0.3 is 5.32 Å². The van der Waals surface area contributed by atoms with Gasteiger partial charge in [0, 0.05) is 11.0 Å². The zero-order valence-corrected chi connectivity index (χ0v) is 12.9. The summed E-state index contributed by atoms with van der Waals surface area (Å²) in [5.74, 6) is 0. The number of aryl methyl sites for hydroxylation is 1. The molecule has 0 amide bonds. The molecule has 0 spiro atoms. The molecule has 3 aromatic rings. The van der Waals surface area contributed by atoms with Crippen LogP contribution in [-0.2, 0) is 6.54 Å². The highest BCUT2D eigenvalue weighted by atomic mass is 79.9. The van der Waals surface area contributed by atoms with Crippen molar-refractivity contribution >= 4 is 42.6 Å². The van der Waals surface area contributed by atoms with E-state index in [0.717, 1.165) is 21.7 Å². The summed E-state index contributed by atoms with van der Waals surface area (Å²) < 4.78 is 2.34. The minimum atomic E-state index is 0.790. The first-order valence-electron chi connectivity index (χ1n) is 6.07. The summed E-state index contributed by atoms with van der Waals surface area (Å²) in [6.07, 6.45) is 0. The van der Waals surface area contributed by atoms with Crippen LogP contribution < -0.4 is 5.32 Å². The number of nitrogens with one attached hydrogen (secondary N) is 1. The molecule has 0 fully saturated rings. The first kappa shape index (κ1) is 12.6. The molecule has 1 heterocycles. The van der Waals surface area contributed by atoms with Crippen molar-refractivity contribution < 1.29 is 0 Å². The molecule has 1 aromatic heterocycles. The standard InChI is InChI=1S/C15H13BrN2S/c1-10-4-2-7-13-14(10)18-15(19-13)17-9-11-5-3-6-12(16)8-11/h2-8H,9H2,1H3,(H,17,18). The maximum absolute atomic E-state index is 4.65. The zero-order valence-electron chi connectivity index (χ0n) is 10.5.